The Balaban J connectivity index is 3.07. The minimum Gasteiger partial charge on any atom is -0.258 e. The highest BCUT2D eigenvalue weighted by Gasteiger charge is 2.15. The monoisotopic (exact) mass is 253 g/mol. The maximum atomic E-state index is 12.3. The maximum absolute atomic E-state index is 12.3. The smallest absolute Gasteiger partial charge is 0.258 e. The van der Waals surface area contributed by atoms with E-state index in [2.05, 4.69) is 0 Å². The second-order valence-electron chi connectivity index (χ2n) is 2.73. The van der Waals surface area contributed by atoms with Crippen molar-refractivity contribution in [1.82, 2.24) is 0 Å². The highest BCUT2D eigenvalue weighted by atomic mass is 35.5. The van der Waals surface area contributed by atoms with Crippen molar-refractivity contribution in [2.24, 2.45) is 0 Å². The minimum atomic E-state index is -4.66. The average molecular weight is 254 g/mol. The van der Waals surface area contributed by atoms with Gasteiger partial charge in [0.2, 0.25) is 0 Å². The summed E-state index contributed by atoms with van der Waals surface area (Å²) in [6.45, 7) is 0. The number of nitro benzene ring substituents is 1. The van der Waals surface area contributed by atoms with Gasteiger partial charge in [0, 0.05) is 6.07 Å². The van der Waals surface area contributed by atoms with Gasteiger partial charge in [0.25, 0.3) is 5.69 Å². The van der Waals surface area contributed by atoms with Crippen molar-refractivity contribution in [2.45, 2.75) is 5.75 Å². The third-order valence-corrected chi connectivity index (χ3v) is 2.53. The van der Waals surface area contributed by atoms with Gasteiger partial charge in [0.05, 0.1) is 4.92 Å². The van der Waals surface area contributed by atoms with E-state index in [1.165, 1.54) is 0 Å². The van der Waals surface area contributed by atoms with Crippen LogP contribution >= 0.6 is 11.6 Å². The molecule has 0 saturated heterocycles. The summed E-state index contributed by atoms with van der Waals surface area (Å²) in [5.74, 6) is -0.843. The van der Waals surface area contributed by atoms with Gasteiger partial charge in [-0.2, -0.15) is 8.42 Å². The van der Waals surface area contributed by atoms with Crippen LogP contribution in [0.1, 0.15) is 5.56 Å². The summed E-state index contributed by atoms with van der Waals surface area (Å²) in [6, 6.07) is 3.22. The molecule has 1 aromatic carbocycles. The molecule has 0 bridgehead atoms. The van der Waals surface area contributed by atoms with Crippen LogP contribution in [0.3, 0.4) is 0 Å². The predicted octanol–water partition coefficient (Wildman–Crippen LogP) is 2.05. The number of hydrogen-bond donors (Lipinski definition) is 0. The lowest BCUT2D eigenvalue weighted by atomic mass is 10.2. The van der Waals surface area contributed by atoms with Crippen LogP contribution in [0.15, 0.2) is 18.2 Å². The summed E-state index contributed by atoms with van der Waals surface area (Å²) in [4.78, 5) is 9.63. The first-order chi connectivity index (χ1) is 6.79. The van der Waals surface area contributed by atoms with Crippen molar-refractivity contribution in [1.29, 1.82) is 0 Å². The Hall–Kier alpha value is -1.21. The van der Waals surface area contributed by atoms with Gasteiger partial charge in [-0.3, -0.25) is 10.1 Å². The lowest BCUT2D eigenvalue weighted by molar-refractivity contribution is -0.384. The van der Waals surface area contributed by atoms with E-state index < -0.39 is 20.9 Å². The summed E-state index contributed by atoms with van der Waals surface area (Å²) < 4.78 is 32.8. The summed E-state index contributed by atoms with van der Waals surface area (Å²) >= 11 is 5.49. The lowest BCUT2D eigenvalue weighted by Crippen LogP contribution is -1.97. The van der Waals surface area contributed by atoms with Crippen molar-refractivity contribution in [3.05, 3.63) is 38.9 Å². The highest BCUT2D eigenvalue weighted by molar-refractivity contribution is 7.85. The van der Waals surface area contributed by atoms with E-state index in [0.717, 1.165) is 18.2 Å². The van der Waals surface area contributed by atoms with E-state index in [-0.39, 0.29) is 16.3 Å². The standard InChI is InChI=1S/C7H5ClFNO4S/c8-6-3-5(4-15(9,13)14)1-2-7(6)10(11)12/h1-3H,4H2. The molecule has 1 rings (SSSR count). The second-order valence-corrected chi connectivity index (χ2v) is 4.50. The molecule has 5 nitrogen and oxygen atoms in total. The van der Waals surface area contributed by atoms with Crippen LogP contribution in [0.2, 0.25) is 5.02 Å². The van der Waals surface area contributed by atoms with Crippen LogP contribution in [-0.2, 0) is 16.0 Å². The largest absolute Gasteiger partial charge is 0.306 e. The zero-order valence-corrected chi connectivity index (χ0v) is 8.76. The van der Waals surface area contributed by atoms with E-state index in [4.69, 9.17) is 11.6 Å². The van der Waals surface area contributed by atoms with E-state index in [0.29, 0.717) is 0 Å². The number of hydrogen-bond acceptors (Lipinski definition) is 4. The van der Waals surface area contributed by atoms with Gasteiger partial charge in [0.15, 0.2) is 0 Å². The molecule has 0 aromatic heterocycles. The van der Waals surface area contributed by atoms with Crippen LogP contribution in [-0.4, -0.2) is 13.3 Å². The first-order valence-electron chi connectivity index (χ1n) is 3.65. The number of nitro groups is 1. The normalized spacial score (nSPS) is 11.3. The first kappa shape index (κ1) is 11.9. The Bertz CT molecular complexity index is 502. The van der Waals surface area contributed by atoms with Crippen molar-refractivity contribution >= 4 is 27.5 Å². The molecule has 0 aliphatic heterocycles. The number of rotatable bonds is 3. The molecule has 0 radical (unpaired) electrons. The Labute approximate surface area is 89.8 Å². The maximum Gasteiger partial charge on any atom is 0.306 e. The van der Waals surface area contributed by atoms with Crippen LogP contribution in [0.4, 0.5) is 9.57 Å². The van der Waals surface area contributed by atoms with Crippen LogP contribution in [0, 0.1) is 10.1 Å². The fourth-order valence-corrected chi connectivity index (χ4v) is 1.84. The van der Waals surface area contributed by atoms with E-state index in [1.807, 2.05) is 0 Å². The topological polar surface area (TPSA) is 77.3 Å². The molecule has 0 fully saturated rings. The molecule has 1 aromatic rings. The molecule has 82 valence electrons. The molecule has 0 saturated carbocycles. The van der Waals surface area contributed by atoms with Gasteiger partial charge in [-0.05, 0) is 11.6 Å². The molecule has 8 heteroatoms. The fraction of sp³-hybridized carbons (Fsp3) is 0.143. The Kier molecular flexibility index (Phi) is 3.25. The van der Waals surface area contributed by atoms with Gasteiger partial charge in [-0.25, -0.2) is 0 Å². The third-order valence-electron chi connectivity index (χ3n) is 1.55. The van der Waals surface area contributed by atoms with E-state index in [1.54, 1.807) is 0 Å². The highest BCUT2D eigenvalue weighted by Crippen LogP contribution is 2.25. The van der Waals surface area contributed by atoms with Crippen molar-refractivity contribution < 1.29 is 17.2 Å². The van der Waals surface area contributed by atoms with Gasteiger partial charge >= 0.3 is 10.2 Å². The molecule has 0 unspecified atom stereocenters. The summed E-state index contributed by atoms with van der Waals surface area (Å²) in [5, 5.41) is 10.1. The molecule has 0 atom stereocenters. The quantitative estimate of drug-likeness (QED) is 0.469. The van der Waals surface area contributed by atoms with Gasteiger partial charge in [0.1, 0.15) is 10.8 Å². The Morgan fingerprint density at radius 3 is 2.47 bits per heavy atom. The Morgan fingerprint density at radius 1 is 1.47 bits per heavy atom. The summed E-state index contributed by atoms with van der Waals surface area (Å²) in [6.07, 6.45) is 0. The molecule has 15 heavy (non-hydrogen) atoms. The molecule has 0 aliphatic carbocycles. The summed E-state index contributed by atoms with van der Waals surface area (Å²) in [7, 11) is -4.66. The molecular weight excluding hydrogens is 249 g/mol. The molecule has 0 heterocycles. The van der Waals surface area contributed by atoms with Crippen LogP contribution in [0.5, 0.6) is 0 Å². The lowest BCUT2D eigenvalue weighted by Gasteiger charge is -1.99. The molecule has 0 N–H and O–H groups in total. The average Bonchev–Trinajstić information content (AvgIpc) is 1.99. The predicted molar refractivity (Wildman–Crippen MR) is 51.8 cm³/mol. The SMILES string of the molecule is O=[N+]([O-])c1ccc(CS(=O)(=O)F)cc1Cl. The molecule has 0 spiro atoms. The summed E-state index contributed by atoms with van der Waals surface area (Å²) in [5.41, 5.74) is -0.287. The zero-order valence-electron chi connectivity index (χ0n) is 7.18. The molecule has 0 aliphatic rings. The Morgan fingerprint density at radius 2 is 2.07 bits per heavy atom. The second kappa shape index (κ2) is 4.11. The third kappa shape index (κ3) is 3.45. The van der Waals surface area contributed by atoms with Gasteiger partial charge < -0.3 is 0 Å². The zero-order chi connectivity index (χ0) is 11.6. The van der Waals surface area contributed by atoms with Crippen molar-refractivity contribution in [3.8, 4) is 0 Å². The number of halogens is 2. The van der Waals surface area contributed by atoms with Crippen LogP contribution in [0.25, 0.3) is 0 Å². The van der Waals surface area contributed by atoms with Crippen molar-refractivity contribution in [2.75, 3.05) is 0 Å². The van der Waals surface area contributed by atoms with Gasteiger partial charge in [-0.1, -0.05) is 17.7 Å². The van der Waals surface area contributed by atoms with E-state index in [9.17, 15) is 22.4 Å². The van der Waals surface area contributed by atoms with E-state index >= 15 is 0 Å². The van der Waals surface area contributed by atoms with Crippen molar-refractivity contribution in [3.63, 3.8) is 0 Å². The molecule has 0 amide bonds. The first-order valence-corrected chi connectivity index (χ1v) is 5.58. The fourth-order valence-electron chi connectivity index (χ4n) is 0.987. The number of benzene rings is 1. The van der Waals surface area contributed by atoms with Crippen LogP contribution < -0.4 is 0 Å². The molecular formula is C7H5ClFNO4S. The van der Waals surface area contributed by atoms with Gasteiger partial charge in [-0.15, -0.1) is 3.89 Å². The minimum absolute atomic E-state index is 0.0631. The number of nitrogens with zero attached hydrogens (tertiary/aromatic N) is 1.